The summed E-state index contributed by atoms with van der Waals surface area (Å²) in [6, 6.07) is 18.8. The van der Waals surface area contributed by atoms with E-state index in [0.717, 1.165) is 16.9 Å². The quantitative estimate of drug-likeness (QED) is 0.382. The average Bonchev–Trinajstić information content (AvgIpc) is 3.42. The van der Waals surface area contributed by atoms with Gasteiger partial charge in [-0.05, 0) is 23.8 Å². The number of carbonyl (C=O) groups is 2. The largest absolute Gasteiger partial charge is 0.497 e. The van der Waals surface area contributed by atoms with Crippen LogP contribution in [0.15, 0.2) is 70.1 Å². The molecule has 0 radical (unpaired) electrons. The Morgan fingerprint density at radius 2 is 1.97 bits per heavy atom. The lowest BCUT2D eigenvalue weighted by molar-refractivity contribution is -0.124. The summed E-state index contributed by atoms with van der Waals surface area (Å²) in [5.41, 5.74) is 2.52. The van der Waals surface area contributed by atoms with Gasteiger partial charge in [-0.25, -0.2) is 0 Å². The van der Waals surface area contributed by atoms with Gasteiger partial charge in [-0.2, -0.15) is 0 Å². The van der Waals surface area contributed by atoms with Crippen LogP contribution in [0.25, 0.3) is 17.3 Å². The van der Waals surface area contributed by atoms with E-state index in [1.54, 1.807) is 19.3 Å². The van der Waals surface area contributed by atoms with Gasteiger partial charge in [-0.15, -0.1) is 0 Å². The van der Waals surface area contributed by atoms with Crippen LogP contribution < -0.4 is 10.1 Å². The molecule has 0 saturated carbocycles. The number of hydrogen-bond donors (Lipinski definition) is 1. The molecule has 0 atom stereocenters. The molecule has 9 heteroatoms. The number of nitrogens with zero attached hydrogens (tertiary/aromatic N) is 2. The summed E-state index contributed by atoms with van der Waals surface area (Å²) in [5.74, 6) is 0.889. The Morgan fingerprint density at radius 1 is 1.21 bits per heavy atom. The maximum atomic E-state index is 12.7. The first-order valence-corrected chi connectivity index (χ1v) is 11.4. The fraction of sp³-hybridized carbons (Fsp3) is 0.167. The van der Waals surface area contributed by atoms with Crippen molar-refractivity contribution in [2.24, 2.45) is 0 Å². The van der Waals surface area contributed by atoms with Crippen molar-refractivity contribution in [2.75, 3.05) is 13.7 Å². The molecule has 2 aromatic carbocycles. The van der Waals surface area contributed by atoms with Crippen LogP contribution in [-0.2, 0) is 16.1 Å². The minimum atomic E-state index is -0.208. The summed E-state index contributed by atoms with van der Waals surface area (Å²) in [5, 5.41) is 6.83. The number of benzene rings is 2. The van der Waals surface area contributed by atoms with E-state index < -0.39 is 0 Å². The third-order valence-corrected chi connectivity index (χ3v) is 6.32. The van der Waals surface area contributed by atoms with Gasteiger partial charge in [0.15, 0.2) is 5.76 Å². The molecule has 1 fully saturated rings. The summed E-state index contributed by atoms with van der Waals surface area (Å²) in [7, 11) is 1.60. The van der Waals surface area contributed by atoms with Gasteiger partial charge in [-0.1, -0.05) is 71.6 Å². The van der Waals surface area contributed by atoms with Crippen molar-refractivity contribution in [3.05, 3.63) is 76.9 Å². The minimum Gasteiger partial charge on any atom is -0.497 e. The zero-order chi connectivity index (χ0) is 23.2. The molecule has 2 heterocycles. The van der Waals surface area contributed by atoms with E-state index in [4.69, 9.17) is 21.5 Å². The third-order valence-electron chi connectivity index (χ3n) is 4.94. The van der Waals surface area contributed by atoms with Crippen LogP contribution >= 0.6 is 24.0 Å². The molecule has 0 aliphatic carbocycles. The number of aromatic nitrogens is 1. The summed E-state index contributed by atoms with van der Waals surface area (Å²) in [6.07, 6.45) is 1.91. The summed E-state index contributed by atoms with van der Waals surface area (Å²) in [4.78, 5) is 27.0. The van der Waals surface area contributed by atoms with Gasteiger partial charge in [0, 0.05) is 24.6 Å². The normalized spacial score (nSPS) is 14.7. The lowest BCUT2D eigenvalue weighted by Gasteiger charge is -2.13. The van der Waals surface area contributed by atoms with E-state index in [2.05, 4.69) is 10.5 Å². The van der Waals surface area contributed by atoms with Crippen LogP contribution in [0.1, 0.15) is 17.7 Å². The van der Waals surface area contributed by atoms with Crippen LogP contribution in [0.2, 0.25) is 0 Å². The predicted molar refractivity (Wildman–Crippen MR) is 131 cm³/mol. The number of thiocarbonyl (C=S) groups is 1. The number of carbonyl (C=O) groups excluding carboxylic acids is 2. The van der Waals surface area contributed by atoms with Crippen LogP contribution in [0.3, 0.4) is 0 Å². The number of nitrogens with one attached hydrogen (secondary N) is 1. The van der Waals surface area contributed by atoms with Crippen molar-refractivity contribution < 1.29 is 18.8 Å². The first kappa shape index (κ1) is 22.8. The Balaban J connectivity index is 1.28. The predicted octanol–water partition coefficient (Wildman–Crippen LogP) is 4.26. The second-order valence-corrected chi connectivity index (χ2v) is 8.85. The van der Waals surface area contributed by atoms with Crippen molar-refractivity contribution >= 4 is 46.2 Å². The molecular formula is C24H21N3O4S2. The number of thioether (sulfide) groups is 1. The molecule has 0 spiro atoms. The zero-order valence-electron chi connectivity index (χ0n) is 17.8. The van der Waals surface area contributed by atoms with Gasteiger partial charge >= 0.3 is 0 Å². The van der Waals surface area contributed by atoms with Gasteiger partial charge < -0.3 is 14.6 Å². The minimum absolute atomic E-state index is 0.127. The van der Waals surface area contributed by atoms with Crippen LogP contribution in [0.5, 0.6) is 5.75 Å². The number of rotatable bonds is 8. The molecule has 3 aromatic rings. The van der Waals surface area contributed by atoms with E-state index >= 15 is 0 Å². The second-order valence-electron chi connectivity index (χ2n) is 7.18. The lowest BCUT2D eigenvalue weighted by Crippen LogP contribution is -2.33. The molecular weight excluding hydrogens is 458 g/mol. The van der Waals surface area contributed by atoms with Gasteiger partial charge in [0.1, 0.15) is 15.8 Å². The maximum absolute atomic E-state index is 12.7. The molecule has 1 aliphatic rings. The highest BCUT2D eigenvalue weighted by Crippen LogP contribution is 2.32. The Morgan fingerprint density at radius 3 is 2.70 bits per heavy atom. The monoisotopic (exact) mass is 479 g/mol. The molecule has 7 nitrogen and oxygen atoms in total. The van der Waals surface area contributed by atoms with Gasteiger partial charge in [0.05, 0.1) is 18.6 Å². The van der Waals surface area contributed by atoms with Gasteiger partial charge in [0.25, 0.3) is 5.91 Å². The van der Waals surface area contributed by atoms with E-state index in [-0.39, 0.29) is 31.3 Å². The molecule has 0 bridgehead atoms. The van der Waals surface area contributed by atoms with Crippen molar-refractivity contribution in [3.8, 4) is 17.0 Å². The van der Waals surface area contributed by atoms with Crippen LogP contribution in [-0.4, -0.2) is 39.8 Å². The number of ether oxygens (including phenoxy) is 1. The highest BCUT2D eigenvalue weighted by atomic mass is 32.2. The molecule has 1 aliphatic heterocycles. The third kappa shape index (κ3) is 5.68. The fourth-order valence-corrected chi connectivity index (χ4v) is 4.48. The Bertz CT molecular complexity index is 1190. The summed E-state index contributed by atoms with van der Waals surface area (Å²) in [6.45, 7) is 0.427. The summed E-state index contributed by atoms with van der Waals surface area (Å²) < 4.78 is 10.9. The lowest BCUT2D eigenvalue weighted by atomic mass is 10.1. The smallest absolute Gasteiger partial charge is 0.266 e. The van der Waals surface area contributed by atoms with E-state index in [1.165, 1.54) is 16.7 Å². The number of hydrogen-bond acceptors (Lipinski definition) is 7. The summed E-state index contributed by atoms with van der Waals surface area (Å²) >= 11 is 6.58. The maximum Gasteiger partial charge on any atom is 0.266 e. The fourth-order valence-electron chi connectivity index (χ4n) is 3.17. The average molecular weight is 480 g/mol. The molecule has 0 unspecified atom stereocenters. The molecule has 1 N–H and O–H groups in total. The van der Waals surface area contributed by atoms with Gasteiger partial charge in [-0.3, -0.25) is 14.5 Å². The first-order chi connectivity index (χ1) is 16.0. The Hall–Kier alpha value is -3.43. The van der Waals surface area contributed by atoms with Crippen molar-refractivity contribution in [2.45, 2.75) is 13.0 Å². The van der Waals surface area contributed by atoms with E-state index in [1.807, 2.05) is 54.6 Å². The number of methoxy groups -OCH3 is 1. The Kier molecular flexibility index (Phi) is 7.21. The van der Waals surface area contributed by atoms with E-state index in [9.17, 15) is 9.59 Å². The molecule has 1 saturated heterocycles. The second kappa shape index (κ2) is 10.5. The van der Waals surface area contributed by atoms with Gasteiger partial charge in [0.2, 0.25) is 5.91 Å². The standard InChI is InChI=1S/C24H21N3O4S2/c1-30-18-9-7-16(8-10-18)13-21-23(29)27(24(32)33-21)12-11-22(28)25-15-19-14-20(26-31-19)17-5-3-2-4-6-17/h2-10,13-14H,11-12,15H2,1H3,(H,25,28)/b21-13-. The Labute approximate surface area is 200 Å². The SMILES string of the molecule is COc1ccc(/C=C2\SC(=S)N(CCC(=O)NCc3cc(-c4ccccc4)no3)C2=O)cc1. The molecule has 4 rings (SSSR count). The van der Waals surface area contributed by atoms with E-state index in [0.29, 0.717) is 20.7 Å². The molecule has 168 valence electrons. The topological polar surface area (TPSA) is 84.7 Å². The molecule has 33 heavy (non-hydrogen) atoms. The highest BCUT2D eigenvalue weighted by Gasteiger charge is 2.32. The van der Waals surface area contributed by atoms with Crippen LogP contribution in [0, 0.1) is 0 Å². The zero-order valence-corrected chi connectivity index (χ0v) is 19.4. The van der Waals surface area contributed by atoms with Crippen LogP contribution in [0.4, 0.5) is 0 Å². The van der Waals surface area contributed by atoms with Crippen molar-refractivity contribution in [1.29, 1.82) is 0 Å². The van der Waals surface area contributed by atoms with Crippen molar-refractivity contribution in [3.63, 3.8) is 0 Å². The first-order valence-electron chi connectivity index (χ1n) is 10.2. The number of amides is 2. The molecule has 1 aromatic heterocycles. The van der Waals surface area contributed by atoms with Crippen molar-refractivity contribution in [1.82, 2.24) is 15.4 Å². The molecule has 2 amide bonds. The highest BCUT2D eigenvalue weighted by molar-refractivity contribution is 8.26.